The first-order valence-corrected chi connectivity index (χ1v) is 5.45. The normalized spacial score (nSPS) is 11.2. The van der Waals surface area contributed by atoms with Crippen LogP contribution in [0.1, 0.15) is 16.7 Å². The largest absolute Gasteiger partial charge is 0.507 e. The number of phenolic OH excluding ortho intramolecular Hbond substituents is 1. The van der Waals surface area contributed by atoms with Crippen molar-refractivity contribution in [2.75, 3.05) is 0 Å². The lowest BCUT2D eigenvalue weighted by Gasteiger charge is -2.04. The molecule has 2 rings (SSSR count). The highest BCUT2D eigenvalue weighted by Crippen LogP contribution is 2.21. The van der Waals surface area contributed by atoms with Crippen molar-refractivity contribution >= 4 is 18.4 Å². The van der Waals surface area contributed by atoms with Crippen LogP contribution < -0.4 is 0 Å². The topological polar surface area (TPSA) is 66.2 Å². The van der Waals surface area contributed by atoms with E-state index in [4.69, 9.17) is 12.2 Å². The van der Waals surface area contributed by atoms with Gasteiger partial charge in [-0.25, -0.2) is 0 Å². The van der Waals surface area contributed by atoms with Crippen LogP contribution in [-0.4, -0.2) is 26.2 Å². The predicted octanol–water partition coefficient (Wildman–Crippen LogP) is 2.15. The highest BCUT2D eigenvalue weighted by Gasteiger charge is 2.01. The van der Waals surface area contributed by atoms with Crippen molar-refractivity contribution in [1.82, 2.24) is 14.9 Å². The van der Waals surface area contributed by atoms with Gasteiger partial charge in [0.15, 0.2) is 0 Å². The van der Waals surface area contributed by atoms with Crippen LogP contribution in [0.5, 0.6) is 5.75 Å². The maximum Gasteiger partial charge on any atom is 0.216 e. The fraction of sp³-hybridized carbons (Fsp3) is 0.182. The Morgan fingerprint density at radius 3 is 2.59 bits per heavy atom. The molecule has 2 aromatic rings. The van der Waals surface area contributed by atoms with Crippen LogP contribution in [0.25, 0.3) is 0 Å². The lowest BCUT2D eigenvalue weighted by Crippen LogP contribution is -1.91. The highest BCUT2D eigenvalue weighted by atomic mass is 32.1. The summed E-state index contributed by atoms with van der Waals surface area (Å²) in [5.74, 6) is 0.321. The Kier molecular flexibility index (Phi) is 3.06. The third-order valence-corrected chi connectivity index (χ3v) is 2.66. The van der Waals surface area contributed by atoms with E-state index in [0.29, 0.717) is 10.5 Å². The van der Waals surface area contributed by atoms with Gasteiger partial charge in [0.05, 0.1) is 6.21 Å². The third-order valence-electron chi connectivity index (χ3n) is 2.38. The van der Waals surface area contributed by atoms with E-state index in [0.717, 1.165) is 16.7 Å². The number of aryl methyl sites for hydroxylation is 2. The number of aromatic hydroxyl groups is 1. The molecule has 0 fully saturated rings. The van der Waals surface area contributed by atoms with Gasteiger partial charge in [0, 0.05) is 0 Å². The Morgan fingerprint density at radius 2 is 2.06 bits per heavy atom. The van der Waals surface area contributed by atoms with Gasteiger partial charge >= 0.3 is 0 Å². The first kappa shape index (κ1) is 11.5. The van der Waals surface area contributed by atoms with Crippen LogP contribution in [0.2, 0.25) is 0 Å². The average Bonchev–Trinajstić information content (AvgIpc) is 2.69. The first-order valence-electron chi connectivity index (χ1n) is 5.04. The number of benzene rings is 1. The fourth-order valence-electron chi connectivity index (χ4n) is 1.52. The number of phenols is 1. The van der Waals surface area contributed by atoms with Gasteiger partial charge in [-0.1, -0.05) is 0 Å². The molecule has 17 heavy (non-hydrogen) atoms. The molecule has 0 radical (unpaired) electrons. The molecule has 0 saturated heterocycles. The summed E-state index contributed by atoms with van der Waals surface area (Å²) in [4.78, 5) is 0. The number of hydrogen-bond acceptors (Lipinski definition) is 4. The zero-order valence-corrected chi connectivity index (χ0v) is 10.3. The van der Waals surface area contributed by atoms with Gasteiger partial charge in [0.25, 0.3) is 0 Å². The van der Waals surface area contributed by atoms with Crippen LogP contribution in [0, 0.1) is 18.6 Å². The Hall–Kier alpha value is -1.95. The van der Waals surface area contributed by atoms with Crippen LogP contribution in [0.3, 0.4) is 0 Å². The van der Waals surface area contributed by atoms with Gasteiger partial charge in [0.1, 0.15) is 12.1 Å². The number of H-pyrrole nitrogens is 1. The molecule has 0 amide bonds. The molecule has 5 nitrogen and oxygen atoms in total. The molecule has 1 aromatic heterocycles. The monoisotopic (exact) mass is 248 g/mol. The summed E-state index contributed by atoms with van der Waals surface area (Å²) >= 11 is 4.96. The smallest absolute Gasteiger partial charge is 0.216 e. The van der Waals surface area contributed by atoms with E-state index in [1.165, 1.54) is 11.0 Å². The minimum absolute atomic E-state index is 0.321. The molecule has 0 atom stereocenters. The summed E-state index contributed by atoms with van der Waals surface area (Å²) < 4.78 is 1.90. The molecule has 88 valence electrons. The number of rotatable bonds is 2. The maximum atomic E-state index is 9.65. The summed E-state index contributed by atoms with van der Waals surface area (Å²) in [6.45, 7) is 3.70. The summed E-state index contributed by atoms with van der Waals surface area (Å²) in [6.07, 6.45) is 3.17. The SMILES string of the molecule is Cc1cc(/C=N/n2cn[nH]c2=S)cc(C)c1O. The van der Waals surface area contributed by atoms with Crippen molar-refractivity contribution in [1.29, 1.82) is 0 Å². The minimum atomic E-state index is 0.321. The number of hydrogen-bond donors (Lipinski definition) is 2. The van der Waals surface area contributed by atoms with Crippen molar-refractivity contribution in [2.24, 2.45) is 5.10 Å². The number of aromatic amines is 1. The van der Waals surface area contributed by atoms with Gasteiger partial charge in [0.2, 0.25) is 4.77 Å². The summed E-state index contributed by atoms with van der Waals surface area (Å²) in [6, 6.07) is 3.71. The van der Waals surface area contributed by atoms with Gasteiger partial charge in [-0.2, -0.15) is 14.9 Å². The quantitative estimate of drug-likeness (QED) is 0.632. The lowest BCUT2D eigenvalue weighted by atomic mass is 10.1. The average molecular weight is 248 g/mol. The first-order chi connectivity index (χ1) is 8.08. The lowest BCUT2D eigenvalue weighted by molar-refractivity contribution is 0.467. The Morgan fingerprint density at radius 1 is 1.41 bits per heavy atom. The Bertz CT molecular complexity index is 603. The summed E-state index contributed by atoms with van der Waals surface area (Å²) in [7, 11) is 0. The van der Waals surface area contributed by atoms with Crippen LogP contribution >= 0.6 is 12.2 Å². The summed E-state index contributed by atoms with van der Waals surface area (Å²) in [5.41, 5.74) is 2.55. The van der Waals surface area contributed by atoms with E-state index >= 15 is 0 Å². The zero-order valence-electron chi connectivity index (χ0n) is 9.51. The highest BCUT2D eigenvalue weighted by molar-refractivity contribution is 7.71. The molecule has 2 N–H and O–H groups in total. The van der Waals surface area contributed by atoms with Crippen molar-refractivity contribution in [3.05, 3.63) is 39.9 Å². The van der Waals surface area contributed by atoms with Gasteiger partial charge in [-0.3, -0.25) is 5.10 Å². The minimum Gasteiger partial charge on any atom is -0.507 e. The van der Waals surface area contributed by atoms with E-state index < -0.39 is 0 Å². The molecule has 0 saturated carbocycles. The van der Waals surface area contributed by atoms with E-state index in [1.54, 1.807) is 6.21 Å². The van der Waals surface area contributed by atoms with Crippen LogP contribution in [-0.2, 0) is 0 Å². The van der Waals surface area contributed by atoms with Crippen molar-refractivity contribution < 1.29 is 5.11 Å². The number of nitrogens with zero attached hydrogens (tertiary/aromatic N) is 3. The molecule has 6 heteroatoms. The molecular weight excluding hydrogens is 236 g/mol. The van der Waals surface area contributed by atoms with Gasteiger partial charge < -0.3 is 5.11 Å². The second-order valence-corrected chi connectivity index (χ2v) is 4.14. The maximum absolute atomic E-state index is 9.65. The molecule has 0 aliphatic rings. The zero-order chi connectivity index (χ0) is 12.4. The van der Waals surface area contributed by atoms with E-state index in [9.17, 15) is 5.11 Å². The number of aromatic nitrogens is 3. The molecular formula is C11H12N4OS. The van der Waals surface area contributed by atoms with Gasteiger partial charge in [-0.15, -0.1) is 0 Å². The molecule has 1 heterocycles. The third kappa shape index (κ3) is 2.42. The number of nitrogens with one attached hydrogen (secondary N) is 1. The second kappa shape index (κ2) is 4.50. The van der Waals surface area contributed by atoms with Crippen molar-refractivity contribution in [3.8, 4) is 5.75 Å². The Balaban J connectivity index is 2.34. The molecule has 1 aromatic carbocycles. The molecule has 0 unspecified atom stereocenters. The van der Waals surface area contributed by atoms with E-state index in [-0.39, 0.29) is 0 Å². The second-order valence-electron chi connectivity index (χ2n) is 3.75. The fourth-order valence-corrected chi connectivity index (χ4v) is 1.66. The van der Waals surface area contributed by atoms with Crippen LogP contribution in [0.4, 0.5) is 0 Å². The van der Waals surface area contributed by atoms with Gasteiger partial charge in [-0.05, 0) is 54.9 Å². The van der Waals surface area contributed by atoms with E-state index in [1.807, 2.05) is 26.0 Å². The Labute approximate surface area is 103 Å². The summed E-state index contributed by atoms with van der Waals surface area (Å²) in [5, 5.41) is 20.2. The van der Waals surface area contributed by atoms with Crippen LogP contribution in [0.15, 0.2) is 23.6 Å². The van der Waals surface area contributed by atoms with Crippen molar-refractivity contribution in [3.63, 3.8) is 0 Å². The standard InChI is InChI=1S/C11H12N4OS/c1-7-3-9(4-8(2)10(7)16)5-13-15-6-12-14-11(15)17/h3-6,16H,1-2H3,(H,14,17)/b13-5+. The molecule has 0 bridgehead atoms. The van der Waals surface area contributed by atoms with E-state index in [2.05, 4.69) is 15.3 Å². The molecule has 0 aliphatic carbocycles. The predicted molar refractivity (Wildman–Crippen MR) is 68.0 cm³/mol. The van der Waals surface area contributed by atoms with Crippen molar-refractivity contribution in [2.45, 2.75) is 13.8 Å². The molecule has 0 spiro atoms. The molecule has 0 aliphatic heterocycles.